The normalized spacial score (nSPS) is 12.9. The maximum atomic E-state index is 11.9. The summed E-state index contributed by atoms with van der Waals surface area (Å²) < 4.78 is 52.3. The number of nitrogens with one attached hydrogen (secondary N) is 1. The van der Waals surface area contributed by atoms with Crippen molar-refractivity contribution >= 4 is 26.0 Å². The highest BCUT2D eigenvalue weighted by Crippen LogP contribution is 2.24. The lowest BCUT2D eigenvalue weighted by molar-refractivity contribution is -0.144. The van der Waals surface area contributed by atoms with Gasteiger partial charge in [0, 0.05) is 0 Å². The molecule has 22 heavy (non-hydrogen) atoms. The second-order valence-corrected chi connectivity index (χ2v) is 9.15. The van der Waals surface area contributed by atoms with E-state index in [0.29, 0.717) is 6.42 Å². The number of sulfonamides is 2. The van der Waals surface area contributed by atoms with Gasteiger partial charge in [-0.2, -0.15) is 0 Å². The summed E-state index contributed by atoms with van der Waals surface area (Å²) in [7, 11) is -8.08. The smallest absolute Gasteiger partial charge is 0.316 e. The Bertz CT molecular complexity index is 748. The van der Waals surface area contributed by atoms with Crippen LogP contribution in [-0.2, 0) is 24.8 Å². The van der Waals surface area contributed by atoms with Crippen LogP contribution < -0.4 is 8.86 Å². The maximum Gasteiger partial charge on any atom is 0.316 e. The highest BCUT2D eigenvalue weighted by Gasteiger charge is 2.27. The number of carbonyl (C=O) groups excluding carboxylic acids is 1. The average Bonchev–Trinajstić information content (AvgIpc) is 2.36. The van der Waals surface area contributed by atoms with Gasteiger partial charge in [-0.25, -0.2) is 16.8 Å². The van der Waals surface area contributed by atoms with Gasteiger partial charge in [-0.1, -0.05) is 6.92 Å². The minimum absolute atomic E-state index is 0.185. The quantitative estimate of drug-likeness (QED) is 0.612. The molecule has 1 N–H and O–H groups in total. The summed E-state index contributed by atoms with van der Waals surface area (Å²) in [6.45, 7) is 5.34. The van der Waals surface area contributed by atoms with Gasteiger partial charge in [0.15, 0.2) is 0 Å². The van der Waals surface area contributed by atoms with Crippen molar-refractivity contribution in [3.8, 4) is 5.75 Å². The van der Waals surface area contributed by atoms with Crippen LogP contribution in [0.4, 0.5) is 0 Å². The SMILES string of the molecule is CCC(C)(C)C(=O)Oc1ccc(S(=O)(=O)NS(C)(=O)=O)cc1. The highest BCUT2D eigenvalue weighted by atomic mass is 32.3. The lowest BCUT2D eigenvalue weighted by Gasteiger charge is -2.20. The maximum absolute atomic E-state index is 11.9. The Morgan fingerprint density at radius 2 is 1.64 bits per heavy atom. The van der Waals surface area contributed by atoms with E-state index in [2.05, 4.69) is 0 Å². The molecule has 0 unspecified atom stereocenters. The Balaban J connectivity index is 2.95. The number of hydrogen-bond acceptors (Lipinski definition) is 6. The highest BCUT2D eigenvalue weighted by molar-refractivity contribution is 8.04. The van der Waals surface area contributed by atoms with Crippen LogP contribution in [-0.4, -0.2) is 29.1 Å². The monoisotopic (exact) mass is 349 g/mol. The van der Waals surface area contributed by atoms with Crippen molar-refractivity contribution in [3.63, 3.8) is 0 Å². The van der Waals surface area contributed by atoms with E-state index in [1.54, 1.807) is 18.0 Å². The molecule has 0 radical (unpaired) electrons. The van der Waals surface area contributed by atoms with Gasteiger partial charge in [0.25, 0.3) is 10.0 Å². The minimum Gasteiger partial charge on any atom is -0.426 e. The first kappa shape index (κ1) is 18.6. The van der Waals surface area contributed by atoms with Crippen LogP contribution in [0.15, 0.2) is 29.2 Å². The molecule has 124 valence electrons. The predicted octanol–water partition coefficient (Wildman–Crippen LogP) is 1.27. The first-order chi connectivity index (χ1) is 9.87. The van der Waals surface area contributed by atoms with E-state index in [4.69, 9.17) is 4.74 Å². The fraction of sp³-hybridized carbons (Fsp3) is 0.462. The summed E-state index contributed by atoms with van der Waals surface area (Å²) in [6.07, 6.45) is 1.34. The standard InChI is InChI=1S/C13H19NO6S2/c1-5-13(2,3)12(15)20-10-6-8-11(9-7-10)22(18,19)14-21(4,16)17/h6-9,14H,5H2,1-4H3. The molecule has 0 aromatic heterocycles. The van der Waals surface area contributed by atoms with Crippen molar-refractivity contribution in [2.45, 2.75) is 32.1 Å². The van der Waals surface area contributed by atoms with Crippen molar-refractivity contribution in [3.05, 3.63) is 24.3 Å². The van der Waals surface area contributed by atoms with Gasteiger partial charge in [-0.05, 0) is 44.5 Å². The molecule has 0 aliphatic carbocycles. The number of benzene rings is 1. The summed E-state index contributed by atoms with van der Waals surface area (Å²) in [4.78, 5) is 11.7. The van der Waals surface area contributed by atoms with Crippen LogP contribution in [0.3, 0.4) is 0 Å². The van der Waals surface area contributed by atoms with Gasteiger partial charge < -0.3 is 4.74 Å². The van der Waals surface area contributed by atoms with Crippen molar-refractivity contribution in [2.24, 2.45) is 5.41 Å². The number of esters is 1. The molecular weight excluding hydrogens is 330 g/mol. The fourth-order valence-corrected chi connectivity index (χ4v) is 3.80. The third-order valence-electron chi connectivity index (χ3n) is 3.04. The van der Waals surface area contributed by atoms with Crippen molar-refractivity contribution < 1.29 is 26.4 Å². The Labute approximate surface area is 130 Å². The molecule has 1 rings (SSSR count). The van der Waals surface area contributed by atoms with Crippen LogP contribution in [0.1, 0.15) is 27.2 Å². The van der Waals surface area contributed by atoms with Crippen LogP contribution in [0, 0.1) is 5.41 Å². The molecule has 1 aromatic carbocycles. The fourth-order valence-electron chi connectivity index (χ4n) is 1.32. The third kappa shape index (κ3) is 5.08. The van der Waals surface area contributed by atoms with E-state index in [1.807, 2.05) is 6.92 Å². The zero-order valence-electron chi connectivity index (χ0n) is 12.8. The van der Waals surface area contributed by atoms with Crippen LogP contribution in [0.5, 0.6) is 5.75 Å². The number of hydrogen-bond donors (Lipinski definition) is 1. The largest absolute Gasteiger partial charge is 0.426 e. The molecule has 0 atom stereocenters. The third-order valence-corrected chi connectivity index (χ3v) is 6.02. The topological polar surface area (TPSA) is 107 Å². The lowest BCUT2D eigenvalue weighted by atomic mass is 9.91. The Kier molecular flexibility index (Phi) is 5.37. The van der Waals surface area contributed by atoms with Crippen LogP contribution in [0.25, 0.3) is 0 Å². The van der Waals surface area contributed by atoms with Crippen LogP contribution >= 0.6 is 0 Å². The van der Waals surface area contributed by atoms with Crippen molar-refractivity contribution in [1.29, 1.82) is 0 Å². The molecule has 0 heterocycles. The summed E-state index contributed by atoms with van der Waals surface area (Å²) >= 11 is 0. The second-order valence-electron chi connectivity index (χ2n) is 5.46. The molecular formula is C13H19NO6S2. The first-order valence-corrected chi connectivity index (χ1v) is 9.81. The van der Waals surface area contributed by atoms with E-state index >= 15 is 0 Å². The molecule has 0 aliphatic rings. The molecule has 0 fully saturated rings. The first-order valence-electron chi connectivity index (χ1n) is 6.43. The Hall–Kier alpha value is -1.45. The van der Waals surface area contributed by atoms with Gasteiger partial charge in [0.05, 0.1) is 16.6 Å². The van der Waals surface area contributed by atoms with Gasteiger partial charge >= 0.3 is 5.97 Å². The molecule has 0 saturated heterocycles. The number of ether oxygens (including phenoxy) is 1. The average molecular weight is 349 g/mol. The molecule has 7 nitrogen and oxygen atoms in total. The minimum atomic E-state index is -4.17. The van der Waals surface area contributed by atoms with Gasteiger partial charge in [-0.3, -0.25) is 4.79 Å². The number of carbonyl (C=O) groups is 1. The zero-order chi connectivity index (χ0) is 17.2. The molecule has 0 aliphatic heterocycles. The van der Waals surface area contributed by atoms with Gasteiger partial charge in [0.1, 0.15) is 5.75 Å². The van der Waals surface area contributed by atoms with E-state index in [-0.39, 0.29) is 10.6 Å². The molecule has 9 heteroatoms. The predicted molar refractivity (Wildman–Crippen MR) is 81.3 cm³/mol. The molecule has 0 saturated carbocycles. The number of rotatable bonds is 6. The van der Waals surface area contributed by atoms with E-state index in [1.165, 1.54) is 12.1 Å². The van der Waals surface area contributed by atoms with E-state index in [9.17, 15) is 21.6 Å². The van der Waals surface area contributed by atoms with Crippen LogP contribution in [0.2, 0.25) is 0 Å². The molecule has 1 aromatic rings. The Morgan fingerprint density at radius 3 is 2.05 bits per heavy atom. The van der Waals surface area contributed by atoms with Gasteiger partial charge in [-0.15, -0.1) is 4.13 Å². The van der Waals surface area contributed by atoms with Crippen molar-refractivity contribution in [2.75, 3.05) is 6.26 Å². The molecule has 0 bridgehead atoms. The zero-order valence-corrected chi connectivity index (χ0v) is 14.4. The van der Waals surface area contributed by atoms with Gasteiger partial charge in [0.2, 0.25) is 10.0 Å². The molecule has 0 amide bonds. The Morgan fingerprint density at radius 1 is 1.14 bits per heavy atom. The van der Waals surface area contributed by atoms with E-state index in [0.717, 1.165) is 18.4 Å². The second kappa shape index (κ2) is 6.35. The summed E-state index contributed by atoms with van der Waals surface area (Å²) in [5.74, 6) is -0.246. The van der Waals surface area contributed by atoms with E-state index < -0.39 is 31.4 Å². The summed E-state index contributed by atoms with van der Waals surface area (Å²) in [6, 6.07) is 4.91. The lowest BCUT2D eigenvalue weighted by Crippen LogP contribution is -2.29. The summed E-state index contributed by atoms with van der Waals surface area (Å²) in [5, 5.41) is 0. The summed E-state index contributed by atoms with van der Waals surface area (Å²) in [5.41, 5.74) is -0.650. The van der Waals surface area contributed by atoms with Crippen molar-refractivity contribution in [1.82, 2.24) is 4.13 Å². The molecule has 0 spiro atoms.